The lowest BCUT2D eigenvalue weighted by Crippen LogP contribution is -2.66. The monoisotopic (exact) mass is 630 g/mol. The van der Waals surface area contributed by atoms with E-state index >= 15 is 0 Å². The summed E-state index contributed by atoms with van der Waals surface area (Å²) in [6.07, 6.45) is -6.97. The van der Waals surface area contributed by atoms with Crippen LogP contribution in [0.5, 0.6) is 5.75 Å². The Labute approximate surface area is 260 Å². The molecule has 13 nitrogen and oxygen atoms in total. The number of benzene rings is 1. The minimum Gasteiger partial charge on any atom is -0.497 e. The number of methoxy groups -OCH3 is 1. The molecule has 1 aromatic rings. The van der Waals surface area contributed by atoms with Crippen LogP contribution in [0.15, 0.2) is 46.1 Å². The van der Waals surface area contributed by atoms with E-state index in [0.717, 1.165) is 27.7 Å². The second-order valence-corrected chi connectivity index (χ2v) is 10.5. The largest absolute Gasteiger partial charge is 0.497 e. The number of ether oxygens (including phenoxy) is 6. The molecule has 0 amide bonds. The highest BCUT2D eigenvalue weighted by atomic mass is 32.1. The van der Waals surface area contributed by atoms with Gasteiger partial charge in [0.05, 0.1) is 29.7 Å². The molecule has 1 saturated heterocycles. The molecule has 0 aromatic heterocycles. The number of hydrogen-bond donors (Lipinski definition) is 1. The van der Waals surface area contributed by atoms with E-state index in [4.69, 9.17) is 41.0 Å². The summed E-state index contributed by atoms with van der Waals surface area (Å²) in [6, 6.07) is 8.99. The van der Waals surface area contributed by atoms with Crippen LogP contribution in [0.2, 0.25) is 0 Å². The van der Waals surface area contributed by atoms with Crippen molar-refractivity contribution < 1.29 is 52.4 Å². The third-order valence-electron chi connectivity index (χ3n) is 6.97. The van der Waals surface area contributed by atoms with Crippen molar-refractivity contribution in [3.63, 3.8) is 0 Å². The molecule has 44 heavy (non-hydrogen) atoms. The van der Waals surface area contributed by atoms with Crippen molar-refractivity contribution >= 4 is 42.3 Å². The third kappa shape index (κ3) is 7.40. The molecule has 3 rings (SSSR count). The lowest BCUT2D eigenvalue weighted by atomic mass is 9.80. The maximum Gasteiger partial charge on any atom is 0.303 e. The number of Topliss-reactive ketones (excluding diaryl/α,β-unsaturated/α-hetero) is 1. The van der Waals surface area contributed by atoms with Crippen LogP contribution in [0.1, 0.15) is 53.0 Å². The van der Waals surface area contributed by atoms with Gasteiger partial charge in [0.2, 0.25) is 0 Å². The van der Waals surface area contributed by atoms with E-state index < -0.39 is 67.0 Å². The zero-order valence-electron chi connectivity index (χ0n) is 25.3. The van der Waals surface area contributed by atoms with Crippen molar-refractivity contribution in [2.45, 2.75) is 78.1 Å². The zero-order chi connectivity index (χ0) is 32.9. The summed E-state index contributed by atoms with van der Waals surface area (Å²) >= 11 is 4.70. The second kappa shape index (κ2) is 14.4. The van der Waals surface area contributed by atoms with E-state index in [0.29, 0.717) is 17.0 Å². The molecule has 1 aromatic carbocycles. The Morgan fingerprint density at radius 3 is 1.91 bits per heavy atom. The van der Waals surface area contributed by atoms with Crippen LogP contribution >= 0.6 is 12.6 Å². The molecule has 0 bridgehead atoms. The van der Waals surface area contributed by atoms with Crippen LogP contribution in [-0.4, -0.2) is 78.9 Å². The fourth-order valence-electron chi connectivity index (χ4n) is 5.33. The molecule has 14 heteroatoms. The van der Waals surface area contributed by atoms with Crippen LogP contribution in [0, 0.1) is 11.3 Å². The van der Waals surface area contributed by atoms with Crippen molar-refractivity contribution in [3.8, 4) is 11.8 Å². The van der Waals surface area contributed by atoms with Gasteiger partial charge in [0, 0.05) is 39.0 Å². The number of ketones is 1. The van der Waals surface area contributed by atoms with Gasteiger partial charge in [-0.3, -0.25) is 24.0 Å². The number of nitrogens with zero attached hydrogens (tertiary/aromatic N) is 2. The molecule has 0 spiro atoms. The van der Waals surface area contributed by atoms with E-state index in [-0.39, 0.29) is 22.0 Å². The van der Waals surface area contributed by atoms with Gasteiger partial charge in [0.25, 0.3) is 0 Å². The minimum atomic E-state index is -1.47. The molecule has 2 heterocycles. The summed E-state index contributed by atoms with van der Waals surface area (Å²) in [6.45, 7) is 7.00. The van der Waals surface area contributed by atoms with Gasteiger partial charge < -0.3 is 33.3 Å². The molecular formula is C30H34N2O11S. The number of allylic oxidation sites excluding steroid dienone is 3. The molecule has 1 fully saturated rings. The van der Waals surface area contributed by atoms with E-state index in [1.807, 2.05) is 0 Å². The molecule has 0 radical (unpaired) electrons. The van der Waals surface area contributed by atoms with Crippen LogP contribution in [0.3, 0.4) is 0 Å². The standard InChI is InChI=1S/C30H34N2O11S/c1-14-24(15(2)33)25(20-8-10-21(38-7)11-9-20)22(12-31)30(44)32(14)29-28(42-19(6)37)27(41-18(5)36)26(40-17(4)35)23(43-29)13-39-16(3)34/h8-11,23,25-29,44H,13H2,1-7H3. The van der Waals surface area contributed by atoms with Gasteiger partial charge in [-0.25, -0.2) is 0 Å². The number of thiol groups is 1. The molecule has 6 unspecified atom stereocenters. The van der Waals surface area contributed by atoms with Gasteiger partial charge in [-0.1, -0.05) is 12.1 Å². The molecule has 2 aliphatic rings. The van der Waals surface area contributed by atoms with Crippen molar-refractivity contribution in [2.24, 2.45) is 0 Å². The Bertz CT molecular complexity index is 1430. The SMILES string of the molecule is COc1ccc(C2C(C#N)=C(S)N(C3OC(COC(C)=O)C(OC(C)=O)C(OC(C)=O)C3OC(C)=O)C(C)=C2C(C)=O)cc1. The summed E-state index contributed by atoms with van der Waals surface area (Å²) in [7, 11) is 1.51. The van der Waals surface area contributed by atoms with Gasteiger partial charge >= 0.3 is 23.9 Å². The van der Waals surface area contributed by atoms with Gasteiger partial charge in [-0.15, -0.1) is 12.6 Å². The first kappa shape index (κ1) is 34.1. The van der Waals surface area contributed by atoms with Gasteiger partial charge in [0.15, 0.2) is 30.3 Å². The Morgan fingerprint density at radius 1 is 0.886 bits per heavy atom. The highest BCUT2D eigenvalue weighted by Gasteiger charge is 2.55. The molecular weight excluding hydrogens is 596 g/mol. The Morgan fingerprint density at radius 2 is 1.43 bits per heavy atom. The molecule has 0 aliphatic carbocycles. The molecule has 6 atom stereocenters. The topological polar surface area (TPSA) is 168 Å². The van der Waals surface area contributed by atoms with Crippen LogP contribution in [-0.2, 0) is 47.7 Å². The Balaban J connectivity index is 2.28. The molecule has 236 valence electrons. The Hall–Kier alpha value is -4.35. The van der Waals surface area contributed by atoms with E-state index in [9.17, 15) is 29.2 Å². The number of carbonyl (C=O) groups is 5. The maximum atomic E-state index is 13.2. The highest BCUT2D eigenvalue weighted by Crippen LogP contribution is 2.46. The second-order valence-electron chi connectivity index (χ2n) is 10.1. The number of carbonyl (C=O) groups excluding carboxylic acids is 5. The predicted molar refractivity (Wildman–Crippen MR) is 155 cm³/mol. The molecule has 0 saturated carbocycles. The van der Waals surface area contributed by atoms with Crippen molar-refractivity contribution in [3.05, 3.63) is 51.7 Å². The zero-order valence-corrected chi connectivity index (χ0v) is 26.2. The van der Waals surface area contributed by atoms with Gasteiger partial charge in [-0.05, 0) is 31.5 Å². The maximum absolute atomic E-state index is 13.2. The van der Waals surface area contributed by atoms with E-state index in [1.165, 1.54) is 18.9 Å². The van der Waals surface area contributed by atoms with Crippen LogP contribution < -0.4 is 4.74 Å². The Kier molecular flexibility index (Phi) is 11.2. The first-order chi connectivity index (χ1) is 20.7. The summed E-state index contributed by atoms with van der Waals surface area (Å²) in [5.41, 5.74) is 1.20. The minimum absolute atomic E-state index is 0.0525. The smallest absolute Gasteiger partial charge is 0.303 e. The van der Waals surface area contributed by atoms with Crippen molar-refractivity contribution in [2.75, 3.05) is 13.7 Å². The van der Waals surface area contributed by atoms with E-state index in [1.54, 1.807) is 31.2 Å². The number of rotatable bonds is 9. The number of nitriles is 1. The quantitative estimate of drug-likeness (QED) is 0.240. The average molecular weight is 631 g/mol. The molecule has 2 aliphatic heterocycles. The summed E-state index contributed by atoms with van der Waals surface area (Å²) in [5, 5.41) is 10.4. The van der Waals surface area contributed by atoms with E-state index in [2.05, 4.69) is 6.07 Å². The average Bonchev–Trinajstić information content (AvgIpc) is 2.93. The van der Waals surface area contributed by atoms with Gasteiger partial charge in [0.1, 0.15) is 18.5 Å². The lowest BCUT2D eigenvalue weighted by molar-refractivity contribution is -0.271. The normalized spacial score (nSPS) is 25.0. The van der Waals surface area contributed by atoms with Crippen molar-refractivity contribution in [1.82, 2.24) is 4.90 Å². The number of hydrogen-bond acceptors (Lipinski definition) is 14. The molecule has 0 N–H and O–H groups in total. The summed E-state index contributed by atoms with van der Waals surface area (Å²) < 4.78 is 33.3. The summed E-state index contributed by atoms with van der Waals surface area (Å²) in [5.74, 6) is -3.67. The first-order valence-corrected chi connectivity index (χ1v) is 13.9. The van der Waals surface area contributed by atoms with Crippen LogP contribution in [0.4, 0.5) is 0 Å². The fourth-order valence-corrected chi connectivity index (χ4v) is 5.77. The van der Waals surface area contributed by atoms with Crippen molar-refractivity contribution in [1.29, 1.82) is 5.26 Å². The van der Waals surface area contributed by atoms with Gasteiger partial charge in [-0.2, -0.15) is 5.26 Å². The lowest BCUT2D eigenvalue weighted by Gasteiger charge is -2.50. The highest BCUT2D eigenvalue weighted by molar-refractivity contribution is 7.84. The predicted octanol–water partition coefficient (Wildman–Crippen LogP) is 2.71. The third-order valence-corrected chi connectivity index (χ3v) is 7.42. The first-order valence-electron chi connectivity index (χ1n) is 13.5. The number of esters is 4. The summed E-state index contributed by atoms with van der Waals surface area (Å²) in [4.78, 5) is 63.1. The van der Waals surface area contributed by atoms with Crippen LogP contribution in [0.25, 0.3) is 0 Å². The fraction of sp³-hybridized carbons (Fsp3) is 0.467.